The molecule has 116 valence electrons. The predicted octanol–water partition coefficient (Wildman–Crippen LogP) is 3.34. The summed E-state index contributed by atoms with van der Waals surface area (Å²) in [5.74, 6) is 0.883. The van der Waals surface area contributed by atoms with Crippen molar-refractivity contribution >= 4 is 11.6 Å². The second-order valence-electron chi connectivity index (χ2n) is 5.52. The Hall–Kier alpha value is -1.55. The number of methoxy groups -OCH3 is 1. The third-order valence-electron chi connectivity index (χ3n) is 4.11. The summed E-state index contributed by atoms with van der Waals surface area (Å²) in [6.45, 7) is 4.10. The monoisotopic (exact) mass is 316 g/mol. The van der Waals surface area contributed by atoms with Crippen LogP contribution < -0.4 is 10.1 Å². The van der Waals surface area contributed by atoms with E-state index < -0.39 is 0 Å². The van der Waals surface area contributed by atoms with Gasteiger partial charge in [-0.25, -0.2) is 0 Å². The van der Waals surface area contributed by atoms with Crippen molar-refractivity contribution in [3.8, 4) is 5.75 Å². The molecular formula is C18H21ClN2O. The normalized spacial score (nSPS) is 17.2. The Morgan fingerprint density at radius 3 is 2.41 bits per heavy atom. The molecule has 1 unspecified atom stereocenters. The largest absolute Gasteiger partial charge is 0.497 e. The number of nitrogens with zero attached hydrogens (tertiary/aromatic N) is 1. The van der Waals surface area contributed by atoms with Gasteiger partial charge in [-0.15, -0.1) is 0 Å². The van der Waals surface area contributed by atoms with Crippen LogP contribution >= 0.6 is 11.6 Å². The van der Waals surface area contributed by atoms with E-state index in [4.69, 9.17) is 16.3 Å². The van der Waals surface area contributed by atoms with Crippen LogP contribution in [0.15, 0.2) is 48.5 Å². The van der Waals surface area contributed by atoms with Gasteiger partial charge in [0.15, 0.2) is 0 Å². The van der Waals surface area contributed by atoms with Crippen molar-refractivity contribution in [3.05, 3.63) is 64.7 Å². The van der Waals surface area contributed by atoms with E-state index in [-0.39, 0.29) is 6.04 Å². The summed E-state index contributed by atoms with van der Waals surface area (Å²) in [6.07, 6.45) is 0. The van der Waals surface area contributed by atoms with Crippen LogP contribution in [-0.4, -0.2) is 38.2 Å². The first kappa shape index (κ1) is 15.3. The van der Waals surface area contributed by atoms with Gasteiger partial charge in [-0.05, 0) is 35.4 Å². The smallest absolute Gasteiger partial charge is 0.118 e. The molecule has 2 aromatic carbocycles. The van der Waals surface area contributed by atoms with Crippen LogP contribution in [0.2, 0.25) is 5.02 Å². The molecule has 1 aliphatic rings. The number of hydrogen-bond donors (Lipinski definition) is 1. The lowest BCUT2D eigenvalue weighted by Crippen LogP contribution is -2.45. The quantitative estimate of drug-likeness (QED) is 0.936. The molecule has 0 aromatic heterocycles. The molecule has 0 amide bonds. The maximum absolute atomic E-state index is 6.21. The maximum Gasteiger partial charge on any atom is 0.118 e. The topological polar surface area (TPSA) is 24.5 Å². The van der Waals surface area contributed by atoms with E-state index in [0.29, 0.717) is 0 Å². The van der Waals surface area contributed by atoms with E-state index in [9.17, 15) is 0 Å². The van der Waals surface area contributed by atoms with Crippen molar-refractivity contribution in [2.45, 2.75) is 6.04 Å². The summed E-state index contributed by atoms with van der Waals surface area (Å²) in [5.41, 5.74) is 2.50. The van der Waals surface area contributed by atoms with E-state index in [2.05, 4.69) is 34.5 Å². The van der Waals surface area contributed by atoms with Gasteiger partial charge in [0.05, 0.1) is 13.2 Å². The van der Waals surface area contributed by atoms with Crippen LogP contribution in [0.25, 0.3) is 0 Å². The number of piperazine rings is 1. The predicted molar refractivity (Wildman–Crippen MR) is 90.7 cm³/mol. The van der Waals surface area contributed by atoms with Crippen LogP contribution in [0.5, 0.6) is 5.75 Å². The Balaban J connectivity index is 1.97. The highest BCUT2D eigenvalue weighted by Crippen LogP contribution is 2.31. The summed E-state index contributed by atoms with van der Waals surface area (Å²) >= 11 is 6.21. The first-order valence-corrected chi connectivity index (χ1v) is 8.00. The molecule has 1 heterocycles. The average molecular weight is 317 g/mol. The Morgan fingerprint density at radius 1 is 1.05 bits per heavy atom. The number of benzene rings is 2. The molecule has 1 aliphatic heterocycles. The Kier molecular flexibility index (Phi) is 4.98. The third-order valence-corrected chi connectivity index (χ3v) is 4.35. The van der Waals surface area contributed by atoms with E-state index in [0.717, 1.165) is 37.0 Å². The van der Waals surface area contributed by atoms with Gasteiger partial charge in [-0.1, -0.05) is 35.9 Å². The van der Waals surface area contributed by atoms with Crippen molar-refractivity contribution in [1.82, 2.24) is 10.2 Å². The lowest BCUT2D eigenvalue weighted by molar-refractivity contribution is 0.198. The number of halogens is 1. The molecule has 1 saturated heterocycles. The van der Waals surface area contributed by atoms with Crippen molar-refractivity contribution in [2.24, 2.45) is 0 Å². The molecule has 0 radical (unpaired) electrons. The molecule has 0 saturated carbocycles. The van der Waals surface area contributed by atoms with E-state index in [1.165, 1.54) is 11.1 Å². The molecule has 0 aliphatic carbocycles. The van der Waals surface area contributed by atoms with Gasteiger partial charge in [0.2, 0.25) is 0 Å². The van der Waals surface area contributed by atoms with Gasteiger partial charge in [-0.3, -0.25) is 4.90 Å². The Labute approximate surface area is 136 Å². The molecule has 0 bridgehead atoms. The van der Waals surface area contributed by atoms with Crippen LogP contribution in [0, 0.1) is 0 Å². The van der Waals surface area contributed by atoms with E-state index in [1.54, 1.807) is 7.11 Å². The lowest BCUT2D eigenvalue weighted by atomic mass is 9.96. The zero-order valence-electron chi connectivity index (χ0n) is 12.8. The highest BCUT2D eigenvalue weighted by Gasteiger charge is 2.24. The summed E-state index contributed by atoms with van der Waals surface area (Å²) in [7, 11) is 1.69. The van der Waals surface area contributed by atoms with Gasteiger partial charge < -0.3 is 10.1 Å². The fraction of sp³-hybridized carbons (Fsp3) is 0.333. The molecule has 1 fully saturated rings. The minimum absolute atomic E-state index is 0.228. The van der Waals surface area contributed by atoms with Crippen molar-refractivity contribution < 1.29 is 4.74 Å². The maximum atomic E-state index is 6.21. The number of ether oxygens (including phenoxy) is 1. The van der Waals surface area contributed by atoms with Gasteiger partial charge in [0, 0.05) is 31.2 Å². The minimum atomic E-state index is 0.228. The first-order valence-electron chi connectivity index (χ1n) is 7.62. The van der Waals surface area contributed by atoms with Gasteiger partial charge >= 0.3 is 0 Å². The molecule has 0 spiro atoms. The zero-order valence-corrected chi connectivity index (χ0v) is 13.5. The average Bonchev–Trinajstić information content (AvgIpc) is 2.57. The Morgan fingerprint density at radius 2 is 1.77 bits per heavy atom. The first-order chi connectivity index (χ1) is 10.8. The Bertz CT molecular complexity index is 609. The van der Waals surface area contributed by atoms with Crippen LogP contribution in [0.1, 0.15) is 17.2 Å². The van der Waals surface area contributed by atoms with Crippen molar-refractivity contribution in [1.29, 1.82) is 0 Å². The number of rotatable bonds is 4. The summed E-state index contributed by atoms with van der Waals surface area (Å²) in [5, 5.41) is 4.20. The van der Waals surface area contributed by atoms with E-state index >= 15 is 0 Å². The number of hydrogen-bond acceptors (Lipinski definition) is 3. The minimum Gasteiger partial charge on any atom is -0.497 e. The standard InChI is InChI=1S/C18H21ClN2O/c1-22-17-7-5-14(6-8-17)18(21-11-9-20-10-12-21)15-3-2-4-16(19)13-15/h2-8,13,18,20H,9-12H2,1H3. The van der Waals surface area contributed by atoms with Crippen molar-refractivity contribution in [2.75, 3.05) is 33.3 Å². The van der Waals surface area contributed by atoms with Gasteiger partial charge in [-0.2, -0.15) is 0 Å². The molecule has 4 heteroatoms. The molecule has 3 nitrogen and oxygen atoms in total. The van der Waals surface area contributed by atoms with Gasteiger partial charge in [0.25, 0.3) is 0 Å². The molecule has 2 aromatic rings. The second-order valence-corrected chi connectivity index (χ2v) is 5.95. The lowest BCUT2D eigenvalue weighted by Gasteiger charge is -2.35. The van der Waals surface area contributed by atoms with Crippen LogP contribution in [0.4, 0.5) is 0 Å². The highest BCUT2D eigenvalue weighted by molar-refractivity contribution is 6.30. The molecule has 1 N–H and O–H groups in total. The van der Waals surface area contributed by atoms with Gasteiger partial charge in [0.1, 0.15) is 5.75 Å². The zero-order chi connectivity index (χ0) is 15.4. The summed E-state index contributed by atoms with van der Waals surface area (Å²) in [4.78, 5) is 2.50. The molecule has 22 heavy (non-hydrogen) atoms. The van der Waals surface area contributed by atoms with Crippen LogP contribution in [0.3, 0.4) is 0 Å². The SMILES string of the molecule is COc1ccc(C(c2cccc(Cl)c2)N2CCNCC2)cc1. The van der Waals surface area contributed by atoms with Crippen LogP contribution in [-0.2, 0) is 0 Å². The molecular weight excluding hydrogens is 296 g/mol. The summed E-state index contributed by atoms with van der Waals surface area (Å²) in [6, 6.07) is 16.7. The highest BCUT2D eigenvalue weighted by atomic mass is 35.5. The summed E-state index contributed by atoms with van der Waals surface area (Å²) < 4.78 is 5.27. The third kappa shape index (κ3) is 3.43. The fourth-order valence-electron chi connectivity index (χ4n) is 3.02. The fourth-order valence-corrected chi connectivity index (χ4v) is 3.22. The number of nitrogens with one attached hydrogen (secondary N) is 1. The second kappa shape index (κ2) is 7.14. The molecule has 1 atom stereocenters. The molecule has 3 rings (SSSR count). The van der Waals surface area contributed by atoms with E-state index in [1.807, 2.05) is 24.3 Å². The van der Waals surface area contributed by atoms with Crippen molar-refractivity contribution in [3.63, 3.8) is 0 Å².